The molecule has 1 rings (SSSR count). The highest BCUT2D eigenvalue weighted by Gasteiger charge is 2.20. The third-order valence-corrected chi connectivity index (χ3v) is 3.54. The van der Waals surface area contributed by atoms with Crippen molar-refractivity contribution >= 4 is 5.91 Å². The van der Waals surface area contributed by atoms with Crippen molar-refractivity contribution in [1.29, 1.82) is 0 Å². The van der Waals surface area contributed by atoms with Crippen LogP contribution < -0.4 is 10.6 Å². The number of hydrogen-bond acceptors (Lipinski definition) is 3. The first-order valence-electron chi connectivity index (χ1n) is 6.78. The number of hydrogen-bond donors (Lipinski definition) is 3. The Bertz CT molecular complexity index is 397. The molecule has 0 atom stereocenters. The van der Waals surface area contributed by atoms with Gasteiger partial charge in [0, 0.05) is 25.7 Å². The zero-order chi connectivity index (χ0) is 14.3. The second kappa shape index (κ2) is 7.26. The average molecular weight is 264 g/mol. The molecule has 0 aliphatic rings. The summed E-state index contributed by atoms with van der Waals surface area (Å²) in [5, 5.41) is 16.0. The Morgan fingerprint density at radius 2 is 1.79 bits per heavy atom. The smallest absolute Gasteiger partial charge is 0.251 e. The fraction of sp³-hybridized carbons (Fsp3) is 0.533. The third kappa shape index (κ3) is 4.65. The predicted octanol–water partition coefficient (Wildman–Crippen LogP) is 1.69. The first-order valence-corrected chi connectivity index (χ1v) is 6.78. The van der Waals surface area contributed by atoms with Crippen molar-refractivity contribution in [1.82, 2.24) is 10.6 Å². The van der Waals surface area contributed by atoms with Gasteiger partial charge in [-0.15, -0.1) is 0 Å². The van der Waals surface area contributed by atoms with Crippen molar-refractivity contribution in [2.45, 2.75) is 38.8 Å². The van der Waals surface area contributed by atoms with E-state index in [1.807, 2.05) is 38.1 Å². The Hall–Kier alpha value is -1.39. The lowest BCUT2D eigenvalue weighted by atomic mass is 9.97. The normalized spacial score (nSPS) is 11.4. The van der Waals surface area contributed by atoms with Crippen molar-refractivity contribution in [3.8, 4) is 0 Å². The summed E-state index contributed by atoms with van der Waals surface area (Å²) < 4.78 is 0. The summed E-state index contributed by atoms with van der Waals surface area (Å²) in [5.41, 5.74) is 1.13. The van der Waals surface area contributed by atoms with E-state index >= 15 is 0 Å². The fourth-order valence-corrected chi connectivity index (χ4v) is 1.86. The molecule has 0 fully saturated rings. The second-order valence-electron chi connectivity index (χ2n) is 4.81. The molecule has 0 spiro atoms. The lowest BCUT2D eigenvalue weighted by molar-refractivity contribution is 0.0323. The summed E-state index contributed by atoms with van der Waals surface area (Å²) in [5.74, 6) is -0.0779. The van der Waals surface area contributed by atoms with Crippen LogP contribution in [0.4, 0.5) is 0 Å². The molecule has 0 heterocycles. The summed E-state index contributed by atoms with van der Waals surface area (Å²) in [6.45, 7) is 5.25. The molecule has 0 aliphatic heterocycles. The van der Waals surface area contributed by atoms with E-state index in [9.17, 15) is 9.90 Å². The number of aliphatic hydroxyl groups is 1. The van der Waals surface area contributed by atoms with Gasteiger partial charge in [-0.05, 0) is 30.5 Å². The number of benzene rings is 1. The summed E-state index contributed by atoms with van der Waals surface area (Å²) in [6, 6.07) is 7.46. The maximum atomic E-state index is 11.4. The lowest BCUT2D eigenvalue weighted by Crippen LogP contribution is -2.39. The molecular formula is C15H24N2O2. The van der Waals surface area contributed by atoms with Gasteiger partial charge in [0.15, 0.2) is 0 Å². The monoisotopic (exact) mass is 264 g/mol. The van der Waals surface area contributed by atoms with Crippen molar-refractivity contribution in [3.63, 3.8) is 0 Å². The van der Waals surface area contributed by atoms with E-state index < -0.39 is 5.60 Å². The van der Waals surface area contributed by atoms with Crippen LogP contribution in [0.2, 0.25) is 0 Å². The maximum absolute atomic E-state index is 11.4. The highest BCUT2D eigenvalue weighted by atomic mass is 16.3. The van der Waals surface area contributed by atoms with Gasteiger partial charge >= 0.3 is 0 Å². The molecule has 0 saturated heterocycles. The maximum Gasteiger partial charge on any atom is 0.251 e. The van der Waals surface area contributed by atoms with Gasteiger partial charge in [0.1, 0.15) is 0 Å². The van der Waals surface area contributed by atoms with Gasteiger partial charge in [0.25, 0.3) is 5.91 Å². The quantitative estimate of drug-likeness (QED) is 0.702. The van der Waals surface area contributed by atoms with Crippen molar-refractivity contribution in [2.75, 3.05) is 13.6 Å². The molecule has 0 bridgehead atoms. The molecule has 0 saturated carbocycles. The van der Waals surface area contributed by atoms with E-state index in [4.69, 9.17) is 0 Å². The number of carbonyl (C=O) groups excluding carboxylic acids is 1. The molecule has 1 aromatic rings. The van der Waals surface area contributed by atoms with Crippen molar-refractivity contribution in [3.05, 3.63) is 35.4 Å². The minimum atomic E-state index is -0.623. The van der Waals surface area contributed by atoms with E-state index in [0.29, 0.717) is 18.7 Å². The highest BCUT2D eigenvalue weighted by Crippen LogP contribution is 2.13. The SMILES string of the molecule is CCC(O)(CC)CNCc1ccc(C(=O)NC)cc1. The highest BCUT2D eigenvalue weighted by molar-refractivity contribution is 5.93. The fourth-order valence-electron chi connectivity index (χ4n) is 1.86. The molecule has 0 aliphatic carbocycles. The number of amides is 1. The molecule has 19 heavy (non-hydrogen) atoms. The average Bonchev–Trinajstić information content (AvgIpc) is 2.47. The second-order valence-corrected chi connectivity index (χ2v) is 4.81. The van der Waals surface area contributed by atoms with E-state index in [-0.39, 0.29) is 5.91 Å². The third-order valence-electron chi connectivity index (χ3n) is 3.54. The van der Waals surface area contributed by atoms with E-state index in [1.54, 1.807) is 7.05 Å². The van der Waals surface area contributed by atoms with Crippen molar-refractivity contribution < 1.29 is 9.90 Å². The number of rotatable bonds is 7. The summed E-state index contributed by atoms with van der Waals surface area (Å²) >= 11 is 0. The van der Waals surface area contributed by atoms with Crippen LogP contribution in [-0.4, -0.2) is 30.2 Å². The van der Waals surface area contributed by atoms with Crippen LogP contribution in [0.3, 0.4) is 0 Å². The van der Waals surface area contributed by atoms with Gasteiger partial charge in [-0.25, -0.2) is 0 Å². The van der Waals surface area contributed by atoms with Gasteiger partial charge in [-0.1, -0.05) is 26.0 Å². The zero-order valence-corrected chi connectivity index (χ0v) is 12.0. The molecule has 0 radical (unpaired) electrons. The molecular weight excluding hydrogens is 240 g/mol. The summed E-state index contributed by atoms with van der Waals surface area (Å²) in [4.78, 5) is 11.4. The van der Waals surface area contributed by atoms with Gasteiger partial charge in [-0.2, -0.15) is 0 Å². The van der Waals surface area contributed by atoms with Crippen LogP contribution in [0, 0.1) is 0 Å². The number of carbonyl (C=O) groups is 1. The van der Waals surface area contributed by atoms with E-state index in [2.05, 4.69) is 10.6 Å². The van der Waals surface area contributed by atoms with Crippen molar-refractivity contribution in [2.24, 2.45) is 0 Å². The molecule has 106 valence electrons. The minimum Gasteiger partial charge on any atom is -0.389 e. The van der Waals surface area contributed by atoms with E-state index in [0.717, 1.165) is 18.4 Å². The van der Waals surface area contributed by atoms with Gasteiger partial charge in [0.05, 0.1) is 5.60 Å². The Labute approximate surface area is 115 Å². The molecule has 4 nitrogen and oxygen atoms in total. The van der Waals surface area contributed by atoms with Crippen LogP contribution in [0.1, 0.15) is 42.6 Å². The molecule has 1 amide bonds. The molecule has 1 aromatic carbocycles. The first kappa shape index (κ1) is 15.7. The Morgan fingerprint density at radius 3 is 2.26 bits per heavy atom. The molecule has 0 aromatic heterocycles. The van der Waals surface area contributed by atoms with Crippen LogP contribution in [0.15, 0.2) is 24.3 Å². The van der Waals surface area contributed by atoms with Gasteiger partial charge < -0.3 is 15.7 Å². The number of nitrogens with one attached hydrogen (secondary N) is 2. The minimum absolute atomic E-state index is 0.0779. The van der Waals surface area contributed by atoms with Gasteiger partial charge in [0.2, 0.25) is 0 Å². The first-order chi connectivity index (χ1) is 9.04. The Morgan fingerprint density at radius 1 is 1.21 bits per heavy atom. The zero-order valence-electron chi connectivity index (χ0n) is 12.0. The largest absolute Gasteiger partial charge is 0.389 e. The van der Waals surface area contributed by atoms with Gasteiger partial charge in [-0.3, -0.25) is 4.79 Å². The standard InChI is InChI=1S/C15H24N2O2/c1-4-15(19,5-2)11-17-10-12-6-8-13(9-7-12)14(18)16-3/h6-9,17,19H,4-5,10-11H2,1-3H3,(H,16,18). The van der Waals surface area contributed by atoms with Crippen LogP contribution in [-0.2, 0) is 6.54 Å². The Kier molecular flexibility index (Phi) is 5.99. The summed E-state index contributed by atoms with van der Waals surface area (Å²) in [7, 11) is 1.62. The van der Waals surface area contributed by atoms with Crippen LogP contribution in [0.5, 0.6) is 0 Å². The molecule has 0 unspecified atom stereocenters. The van der Waals surface area contributed by atoms with Crippen LogP contribution in [0.25, 0.3) is 0 Å². The Balaban J connectivity index is 2.48. The van der Waals surface area contributed by atoms with E-state index in [1.165, 1.54) is 0 Å². The topological polar surface area (TPSA) is 61.4 Å². The summed E-state index contributed by atoms with van der Waals surface area (Å²) in [6.07, 6.45) is 1.48. The molecule has 3 N–H and O–H groups in total. The lowest BCUT2D eigenvalue weighted by Gasteiger charge is -2.25. The molecule has 4 heteroatoms. The van der Waals surface area contributed by atoms with Crippen LogP contribution >= 0.6 is 0 Å². The predicted molar refractivity (Wildman–Crippen MR) is 77.1 cm³/mol.